The van der Waals surface area contributed by atoms with Crippen LogP contribution in [0.25, 0.3) is 11.3 Å². The lowest BCUT2D eigenvalue weighted by molar-refractivity contribution is -0.00545. The molecule has 1 aliphatic heterocycles. The van der Waals surface area contributed by atoms with Crippen LogP contribution in [-0.4, -0.2) is 62.3 Å². The lowest BCUT2D eigenvalue weighted by atomic mass is 9.77. The number of methoxy groups -OCH3 is 1. The lowest BCUT2D eigenvalue weighted by Crippen LogP contribution is -2.37. The van der Waals surface area contributed by atoms with Crippen molar-refractivity contribution in [3.8, 4) is 11.3 Å². The third kappa shape index (κ3) is 3.44. The SMILES string of the molecule is CO[C@@H]1C[C@H]2CN(C(=O)c3ccnnc3)C[C@H]2C[C@H]1n1cc(-c2ccsc2)nn1. The molecular weight excluding hydrogens is 388 g/mol. The third-order valence-electron chi connectivity index (χ3n) is 6.17. The first-order valence-electron chi connectivity index (χ1n) is 9.76. The van der Waals surface area contributed by atoms with Gasteiger partial charge in [-0.25, -0.2) is 4.68 Å². The molecule has 3 aromatic heterocycles. The molecular formula is C20H22N6O2S. The van der Waals surface area contributed by atoms with Crippen molar-refractivity contribution in [1.82, 2.24) is 30.1 Å². The molecule has 1 saturated carbocycles. The Morgan fingerprint density at radius 3 is 2.79 bits per heavy atom. The maximum atomic E-state index is 12.8. The molecule has 0 unspecified atom stereocenters. The van der Waals surface area contributed by atoms with E-state index in [1.54, 1.807) is 30.7 Å². The molecule has 1 aliphatic carbocycles. The second-order valence-corrected chi connectivity index (χ2v) is 8.55. The number of hydrogen-bond acceptors (Lipinski definition) is 7. The number of aromatic nitrogens is 5. The largest absolute Gasteiger partial charge is 0.379 e. The fourth-order valence-electron chi connectivity index (χ4n) is 4.67. The monoisotopic (exact) mass is 410 g/mol. The van der Waals surface area contributed by atoms with Gasteiger partial charge in [-0.1, -0.05) is 5.21 Å². The molecule has 4 heterocycles. The summed E-state index contributed by atoms with van der Waals surface area (Å²) in [4.78, 5) is 14.8. The summed E-state index contributed by atoms with van der Waals surface area (Å²) in [5.41, 5.74) is 2.57. The minimum atomic E-state index is 0.0281. The Morgan fingerprint density at radius 2 is 2.07 bits per heavy atom. The van der Waals surface area contributed by atoms with E-state index in [4.69, 9.17) is 4.74 Å². The topological polar surface area (TPSA) is 86.0 Å². The minimum absolute atomic E-state index is 0.0281. The molecule has 3 aromatic rings. The summed E-state index contributed by atoms with van der Waals surface area (Å²) in [7, 11) is 1.76. The highest BCUT2D eigenvalue weighted by atomic mass is 32.1. The van der Waals surface area contributed by atoms with E-state index in [1.165, 1.54) is 6.20 Å². The van der Waals surface area contributed by atoms with Crippen molar-refractivity contribution >= 4 is 17.2 Å². The fraction of sp³-hybridized carbons (Fsp3) is 0.450. The van der Waals surface area contributed by atoms with Crippen molar-refractivity contribution in [3.05, 3.63) is 47.0 Å². The number of nitrogens with zero attached hydrogens (tertiary/aromatic N) is 6. The molecule has 5 rings (SSSR count). The van der Waals surface area contributed by atoms with Crippen LogP contribution in [0, 0.1) is 11.8 Å². The summed E-state index contributed by atoms with van der Waals surface area (Å²) < 4.78 is 7.79. The zero-order valence-electron chi connectivity index (χ0n) is 16.1. The summed E-state index contributed by atoms with van der Waals surface area (Å²) in [6.07, 6.45) is 7.01. The highest BCUT2D eigenvalue weighted by Gasteiger charge is 2.44. The number of hydrogen-bond donors (Lipinski definition) is 0. The molecule has 0 radical (unpaired) electrons. The zero-order valence-corrected chi connectivity index (χ0v) is 16.9. The van der Waals surface area contributed by atoms with Crippen LogP contribution in [0.5, 0.6) is 0 Å². The van der Waals surface area contributed by atoms with Crippen molar-refractivity contribution in [2.24, 2.45) is 11.8 Å². The van der Waals surface area contributed by atoms with Crippen LogP contribution < -0.4 is 0 Å². The maximum Gasteiger partial charge on any atom is 0.255 e. The van der Waals surface area contributed by atoms with Gasteiger partial charge in [0, 0.05) is 31.1 Å². The van der Waals surface area contributed by atoms with Gasteiger partial charge in [0.2, 0.25) is 0 Å². The van der Waals surface area contributed by atoms with E-state index in [9.17, 15) is 4.79 Å². The highest BCUT2D eigenvalue weighted by molar-refractivity contribution is 7.08. The van der Waals surface area contributed by atoms with E-state index in [-0.39, 0.29) is 18.1 Å². The average molecular weight is 411 g/mol. The van der Waals surface area contributed by atoms with E-state index in [0.717, 1.165) is 37.2 Å². The molecule has 1 amide bonds. The molecule has 0 aromatic carbocycles. The third-order valence-corrected chi connectivity index (χ3v) is 6.86. The summed E-state index contributed by atoms with van der Waals surface area (Å²) >= 11 is 1.65. The number of rotatable bonds is 4. The van der Waals surface area contributed by atoms with Gasteiger partial charge in [-0.15, -0.1) is 5.10 Å². The molecule has 0 bridgehead atoms. The van der Waals surface area contributed by atoms with Crippen LogP contribution in [0.4, 0.5) is 0 Å². The van der Waals surface area contributed by atoms with Gasteiger partial charge >= 0.3 is 0 Å². The van der Waals surface area contributed by atoms with E-state index in [2.05, 4.69) is 32.0 Å². The number of carbonyl (C=O) groups excluding carboxylic acids is 1. The Balaban J connectivity index is 1.33. The molecule has 9 heteroatoms. The van der Waals surface area contributed by atoms with Gasteiger partial charge in [-0.3, -0.25) is 4.79 Å². The van der Waals surface area contributed by atoms with Crippen molar-refractivity contribution in [1.29, 1.82) is 0 Å². The van der Waals surface area contributed by atoms with Gasteiger partial charge in [0.05, 0.1) is 36.3 Å². The molecule has 4 atom stereocenters. The van der Waals surface area contributed by atoms with Gasteiger partial charge in [0.15, 0.2) is 0 Å². The Morgan fingerprint density at radius 1 is 1.21 bits per heavy atom. The van der Waals surface area contributed by atoms with Gasteiger partial charge in [0.1, 0.15) is 5.69 Å². The molecule has 0 N–H and O–H groups in total. The first-order chi connectivity index (χ1) is 14.2. The quantitative estimate of drug-likeness (QED) is 0.657. The van der Waals surface area contributed by atoms with Gasteiger partial charge in [-0.05, 0) is 42.2 Å². The Labute approximate surface area is 172 Å². The zero-order chi connectivity index (χ0) is 19.8. The molecule has 150 valence electrons. The maximum absolute atomic E-state index is 12.8. The van der Waals surface area contributed by atoms with Crippen molar-refractivity contribution in [2.75, 3.05) is 20.2 Å². The van der Waals surface area contributed by atoms with Crippen molar-refractivity contribution < 1.29 is 9.53 Å². The summed E-state index contributed by atoms with van der Waals surface area (Å²) in [6, 6.07) is 3.90. The fourth-order valence-corrected chi connectivity index (χ4v) is 5.32. The van der Waals surface area contributed by atoms with E-state index >= 15 is 0 Å². The smallest absolute Gasteiger partial charge is 0.255 e. The molecule has 0 spiro atoms. The number of carbonyl (C=O) groups is 1. The van der Waals surface area contributed by atoms with Gasteiger partial charge in [-0.2, -0.15) is 21.5 Å². The van der Waals surface area contributed by atoms with Crippen molar-refractivity contribution in [3.63, 3.8) is 0 Å². The molecule has 8 nitrogen and oxygen atoms in total. The number of likely N-dealkylation sites (tertiary alicyclic amines) is 1. The second-order valence-electron chi connectivity index (χ2n) is 7.77. The number of amides is 1. The molecule has 29 heavy (non-hydrogen) atoms. The summed E-state index contributed by atoms with van der Waals surface area (Å²) in [5.74, 6) is 0.897. The predicted octanol–water partition coefficient (Wildman–Crippen LogP) is 2.53. The standard InChI is InChI=1S/C20H22N6O2S/c1-28-19-7-16-10-25(20(27)13-2-4-21-22-8-13)9-15(16)6-18(19)26-11-17(23-24-26)14-3-5-29-12-14/h2-5,8,11-12,15-16,18-19H,6-7,9-10H2,1H3/t15-,16+,18-,19-/m1/s1. The number of ether oxygens (including phenoxy) is 1. The average Bonchev–Trinajstić information content (AvgIpc) is 3.52. The predicted molar refractivity (Wildman–Crippen MR) is 107 cm³/mol. The number of thiophene rings is 1. The molecule has 1 saturated heterocycles. The normalized spacial score (nSPS) is 26.4. The van der Waals surface area contributed by atoms with Crippen molar-refractivity contribution in [2.45, 2.75) is 25.0 Å². The summed E-state index contributed by atoms with van der Waals surface area (Å²) in [6.45, 7) is 1.51. The Bertz CT molecular complexity index is 976. The first-order valence-corrected chi connectivity index (χ1v) is 10.7. The molecule has 2 aliphatic rings. The van der Waals surface area contributed by atoms with Crippen LogP contribution in [0.2, 0.25) is 0 Å². The van der Waals surface area contributed by atoms with Crippen LogP contribution >= 0.6 is 11.3 Å². The first kappa shape index (κ1) is 18.4. The van der Waals surface area contributed by atoms with Gasteiger partial charge in [0.25, 0.3) is 5.91 Å². The van der Waals surface area contributed by atoms with E-state index in [1.807, 2.05) is 21.2 Å². The minimum Gasteiger partial charge on any atom is -0.379 e. The molecule has 2 fully saturated rings. The Kier molecular flexibility index (Phi) is 4.84. The van der Waals surface area contributed by atoms with Crippen LogP contribution in [0.1, 0.15) is 29.2 Å². The van der Waals surface area contributed by atoms with Crippen LogP contribution in [-0.2, 0) is 4.74 Å². The lowest BCUT2D eigenvalue weighted by Gasteiger charge is -2.36. The number of fused-ring (bicyclic) bond motifs is 1. The van der Waals surface area contributed by atoms with E-state index < -0.39 is 0 Å². The second kappa shape index (κ2) is 7.64. The Hall–Kier alpha value is -2.65. The summed E-state index contributed by atoms with van der Waals surface area (Å²) in [5, 5.41) is 20.5. The van der Waals surface area contributed by atoms with Gasteiger partial charge < -0.3 is 9.64 Å². The van der Waals surface area contributed by atoms with E-state index in [0.29, 0.717) is 17.4 Å². The van der Waals surface area contributed by atoms with Crippen LogP contribution in [0.3, 0.4) is 0 Å². The van der Waals surface area contributed by atoms with Crippen LogP contribution in [0.15, 0.2) is 41.5 Å². The highest BCUT2D eigenvalue weighted by Crippen LogP contribution is 2.42.